The molecule has 2 aromatic rings. The van der Waals surface area contributed by atoms with Gasteiger partial charge in [0.05, 0.1) is 6.20 Å². The summed E-state index contributed by atoms with van der Waals surface area (Å²) in [4.78, 5) is 34.5. The zero-order valence-electron chi connectivity index (χ0n) is 19.7. The third-order valence-electron chi connectivity index (χ3n) is 5.83. The van der Waals surface area contributed by atoms with Crippen molar-refractivity contribution in [2.45, 2.75) is 58.6 Å². The number of rotatable bonds is 9. The van der Waals surface area contributed by atoms with Crippen LogP contribution in [-0.2, 0) is 16.3 Å². The van der Waals surface area contributed by atoms with Crippen LogP contribution in [0.15, 0.2) is 18.5 Å². The minimum Gasteiger partial charge on any atom is -0.361 e. The molecule has 1 aliphatic heterocycles. The first-order chi connectivity index (χ1) is 15.2. The van der Waals surface area contributed by atoms with Crippen molar-refractivity contribution in [3.8, 4) is 0 Å². The number of anilines is 1. The van der Waals surface area contributed by atoms with Crippen LogP contribution in [0, 0.1) is 5.92 Å². The standard InChI is InChI=1S/C22H36N6O3Si/c1-17(29)27-10-6-18(7-11-27)5-9-23-22(30)26-20-15-24-21-19(25-20)8-12-28(21)16-31-13-14-32(2,3)4/h8,12,15,18H,5-7,9-11,13-14,16H2,1-4H3,(H2,23,25,26,30). The Hall–Kier alpha value is -2.46. The molecule has 2 aromatic heterocycles. The molecule has 1 saturated heterocycles. The average Bonchev–Trinajstić information content (AvgIpc) is 3.13. The lowest BCUT2D eigenvalue weighted by atomic mass is 9.93. The summed E-state index contributed by atoms with van der Waals surface area (Å²) < 4.78 is 7.72. The van der Waals surface area contributed by atoms with Crippen molar-refractivity contribution in [3.63, 3.8) is 0 Å². The molecule has 1 fully saturated rings. The predicted octanol–water partition coefficient (Wildman–Crippen LogP) is 3.51. The van der Waals surface area contributed by atoms with Crippen molar-refractivity contribution in [1.29, 1.82) is 0 Å². The van der Waals surface area contributed by atoms with E-state index in [-0.39, 0.29) is 11.9 Å². The second-order valence-electron chi connectivity index (χ2n) is 9.72. The Morgan fingerprint density at radius 3 is 2.69 bits per heavy atom. The fraction of sp³-hybridized carbons (Fsp3) is 0.636. The number of nitrogens with one attached hydrogen (secondary N) is 2. The Kier molecular flexibility index (Phi) is 8.24. The van der Waals surface area contributed by atoms with E-state index in [1.165, 1.54) is 0 Å². The quantitative estimate of drug-likeness (QED) is 0.440. The largest absolute Gasteiger partial charge is 0.361 e. The number of likely N-dealkylation sites (tertiary alicyclic amines) is 1. The van der Waals surface area contributed by atoms with Crippen LogP contribution in [0.25, 0.3) is 11.2 Å². The van der Waals surface area contributed by atoms with Crippen LogP contribution in [0.1, 0.15) is 26.2 Å². The minimum absolute atomic E-state index is 0.143. The highest BCUT2D eigenvalue weighted by atomic mass is 28.3. The van der Waals surface area contributed by atoms with Gasteiger partial charge >= 0.3 is 6.03 Å². The van der Waals surface area contributed by atoms with Gasteiger partial charge < -0.3 is 19.5 Å². The molecule has 0 aliphatic carbocycles. The molecule has 0 atom stereocenters. The molecule has 0 radical (unpaired) electrons. The summed E-state index contributed by atoms with van der Waals surface area (Å²) >= 11 is 0. The van der Waals surface area contributed by atoms with E-state index in [0.717, 1.165) is 50.7 Å². The number of carbonyl (C=O) groups is 2. The van der Waals surface area contributed by atoms with Crippen LogP contribution in [0.5, 0.6) is 0 Å². The zero-order chi connectivity index (χ0) is 23.1. The van der Waals surface area contributed by atoms with Gasteiger partial charge in [0.25, 0.3) is 0 Å². The monoisotopic (exact) mass is 460 g/mol. The first-order valence-corrected chi connectivity index (χ1v) is 15.1. The van der Waals surface area contributed by atoms with Crippen molar-refractivity contribution in [1.82, 2.24) is 24.8 Å². The van der Waals surface area contributed by atoms with Gasteiger partial charge in [0.1, 0.15) is 12.2 Å². The Morgan fingerprint density at radius 1 is 1.25 bits per heavy atom. The van der Waals surface area contributed by atoms with Crippen LogP contribution in [-0.4, -0.2) is 65.7 Å². The maximum absolute atomic E-state index is 12.2. The van der Waals surface area contributed by atoms with E-state index in [1.54, 1.807) is 13.1 Å². The third kappa shape index (κ3) is 7.30. The maximum atomic E-state index is 12.2. The number of urea groups is 1. The van der Waals surface area contributed by atoms with Gasteiger partial charge in [0, 0.05) is 47.4 Å². The smallest absolute Gasteiger partial charge is 0.320 e. The number of fused-ring (bicyclic) bond motifs is 1. The van der Waals surface area contributed by atoms with Crippen molar-refractivity contribution >= 4 is 37.0 Å². The van der Waals surface area contributed by atoms with Crippen LogP contribution in [0.2, 0.25) is 25.7 Å². The summed E-state index contributed by atoms with van der Waals surface area (Å²) in [5.41, 5.74) is 1.45. The van der Waals surface area contributed by atoms with Gasteiger partial charge in [-0.25, -0.2) is 14.8 Å². The van der Waals surface area contributed by atoms with Gasteiger partial charge in [-0.1, -0.05) is 19.6 Å². The number of ether oxygens (including phenoxy) is 1. The fourth-order valence-corrected chi connectivity index (χ4v) is 4.51. The van der Waals surface area contributed by atoms with Gasteiger partial charge in [-0.15, -0.1) is 0 Å². The summed E-state index contributed by atoms with van der Waals surface area (Å²) in [5, 5.41) is 5.65. The number of carbonyl (C=O) groups excluding carboxylic acids is 2. The number of nitrogens with zero attached hydrogens (tertiary/aromatic N) is 4. The predicted molar refractivity (Wildman–Crippen MR) is 128 cm³/mol. The van der Waals surface area contributed by atoms with E-state index in [0.29, 0.717) is 30.5 Å². The molecule has 0 spiro atoms. The minimum atomic E-state index is -1.11. The molecule has 2 N–H and O–H groups in total. The summed E-state index contributed by atoms with van der Waals surface area (Å²) in [6.45, 7) is 12.0. The number of piperidine rings is 1. The second-order valence-corrected chi connectivity index (χ2v) is 15.3. The first kappa shape index (κ1) is 24.2. The zero-order valence-corrected chi connectivity index (χ0v) is 20.7. The Bertz CT molecular complexity index is 918. The Labute approximate surface area is 190 Å². The molecule has 0 aromatic carbocycles. The Balaban J connectivity index is 1.41. The van der Waals surface area contributed by atoms with Crippen LogP contribution in [0.4, 0.5) is 10.6 Å². The lowest BCUT2D eigenvalue weighted by Crippen LogP contribution is -2.38. The topological polar surface area (TPSA) is 101 Å². The third-order valence-corrected chi connectivity index (χ3v) is 7.53. The van der Waals surface area contributed by atoms with Crippen molar-refractivity contribution in [3.05, 3.63) is 18.5 Å². The molecule has 9 nitrogen and oxygen atoms in total. The van der Waals surface area contributed by atoms with Crippen molar-refractivity contribution < 1.29 is 14.3 Å². The van der Waals surface area contributed by atoms with Crippen LogP contribution in [0.3, 0.4) is 0 Å². The highest BCUT2D eigenvalue weighted by Gasteiger charge is 2.20. The first-order valence-electron chi connectivity index (χ1n) is 11.4. The van der Waals surface area contributed by atoms with Crippen LogP contribution >= 0.6 is 0 Å². The molecule has 3 heterocycles. The molecule has 3 rings (SSSR count). The van der Waals surface area contributed by atoms with Crippen molar-refractivity contribution in [2.24, 2.45) is 5.92 Å². The molecule has 0 saturated carbocycles. The molecule has 0 bridgehead atoms. The van der Waals surface area contributed by atoms with Gasteiger partial charge in [-0.2, -0.15) is 0 Å². The fourth-order valence-electron chi connectivity index (χ4n) is 3.75. The highest BCUT2D eigenvalue weighted by Crippen LogP contribution is 2.20. The Morgan fingerprint density at radius 2 is 2.00 bits per heavy atom. The number of hydrogen-bond acceptors (Lipinski definition) is 5. The van der Waals surface area contributed by atoms with E-state index in [1.807, 2.05) is 21.7 Å². The molecular weight excluding hydrogens is 424 g/mol. The van der Waals surface area contributed by atoms with E-state index in [2.05, 4.69) is 40.2 Å². The van der Waals surface area contributed by atoms with Gasteiger partial charge in [0.15, 0.2) is 11.5 Å². The van der Waals surface area contributed by atoms with Crippen molar-refractivity contribution in [2.75, 3.05) is 31.6 Å². The summed E-state index contributed by atoms with van der Waals surface area (Å²) in [6, 6.07) is 2.72. The lowest BCUT2D eigenvalue weighted by molar-refractivity contribution is -0.130. The van der Waals surface area contributed by atoms with E-state index in [9.17, 15) is 9.59 Å². The number of hydrogen-bond donors (Lipinski definition) is 2. The van der Waals surface area contributed by atoms with E-state index >= 15 is 0 Å². The molecular formula is C22H36N6O3Si. The summed E-state index contributed by atoms with van der Waals surface area (Å²) in [6.07, 6.45) is 6.36. The molecule has 0 unspecified atom stereocenters. The molecule has 10 heteroatoms. The van der Waals surface area contributed by atoms with Gasteiger partial charge in [-0.3, -0.25) is 10.1 Å². The number of aromatic nitrogens is 3. The van der Waals surface area contributed by atoms with E-state index < -0.39 is 8.07 Å². The molecule has 32 heavy (non-hydrogen) atoms. The number of amides is 3. The lowest BCUT2D eigenvalue weighted by Gasteiger charge is -2.31. The highest BCUT2D eigenvalue weighted by molar-refractivity contribution is 6.76. The van der Waals surface area contributed by atoms with Gasteiger partial charge in [0.2, 0.25) is 5.91 Å². The SMILES string of the molecule is CC(=O)N1CCC(CCNC(=O)Nc2cnc3c(ccn3COCC[Si](C)(C)C)n2)CC1. The summed E-state index contributed by atoms with van der Waals surface area (Å²) in [5.74, 6) is 1.10. The second kappa shape index (κ2) is 10.9. The maximum Gasteiger partial charge on any atom is 0.320 e. The normalized spacial score (nSPS) is 15.2. The molecule has 3 amide bonds. The van der Waals surface area contributed by atoms with Gasteiger partial charge in [-0.05, 0) is 37.3 Å². The molecule has 1 aliphatic rings. The molecule has 176 valence electrons. The summed E-state index contributed by atoms with van der Waals surface area (Å²) in [7, 11) is -1.11. The average molecular weight is 461 g/mol. The van der Waals surface area contributed by atoms with E-state index in [4.69, 9.17) is 4.74 Å². The van der Waals surface area contributed by atoms with Crippen LogP contribution < -0.4 is 10.6 Å².